The van der Waals surface area contributed by atoms with E-state index in [4.69, 9.17) is 9.79 Å². The van der Waals surface area contributed by atoms with Crippen LogP contribution in [-0.4, -0.2) is 49.9 Å². The lowest BCUT2D eigenvalue weighted by molar-refractivity contribution is -0.164. The van der Waals surface area contributed by atoms with Crippen molar-refractivity contribution in [3.8, 4) is 0 Å². The molecule has 33 heavy (non-hydrogen) atoms. The Balaban J connectivity index is 3.95. The summed E-state index contributed by atoms with van der Waals surface area (Å²) < 4.78 is 15.1. The molecule has 2 atom stereocenters. The van der Waals surface area contributed by atoms with Crippen LogP contribution in [0, 0.1) is 0 Å². The summed E-state index contributed by atoms with van der Waals surface area (Å²) in [4.78, 5) is 41.9. The Morgan fingerprint density at radius 3 is 1.55 bits per heavy atom. The van der Waals surface area contributed by atoms with Gasteiger partial charge in [0.1, 0.15) is 0 Å². The number of ketones is 2. The second-order valence-electron chi connectivity index (χ2n) is 9.03. The number of hydrogen-bond donors (Lipinski definition) is 4. The minimum atomic E-state index is -4.97. The number of phosphoric acid groups is 1. The quantitative estimate of drug-likeness (QED) is 0.115. The Hall–Kier alpha value is -0.630. The number of phosphoric ester groups is 1. The van der Waals surface area contributed by atoms with Crippen molar-refractivity contribution < 1.29 is 38.7 Å². The van der Waals surface area contributed by atoms with E-state index < -0.39 is 37.7 Å². The normalized spacial score (nSPS) is 14.7. The molecule has 0 aromatic rings. The fraction of sp³-hybridized carbons (Fsp3) is 0.917. The second-order valence-corrected chi connectivity index (χ2v) is 10.3. The highest BCUT2D eigenvalue weighted by atomic mass is 31.2. The third kappa shape index (κ3) is 15.8. The molecule has 0 spiro atoms. The van der Waals surface area contributed by atoms with Gasteiger partial charge in [0.05, 0.1) is 6.61 Å². The SMILES string of the molecule is CCCCCCCCCCCCCCCCCC(=O)C(O)C(O)(COP(=O)(O)O)C(=O)CC. The highest BCUT2D eigenvalue weighted by molar-refractivity contribution is 7.46. The van der Waals surface area contributed by atoms with Crippen LogP contribution in [0.2, 0.25) is 0 Å². The summed E-state index contributed by atoms with van der Waals surface area (Å²) in [7, 11) is -4.97. The van der Waals surface area contributed by atoms with Gasteiger partial charge in [-0.1, -0.05) is 104 Å². The molecule has 0 fully saturated rings. The van der Waals surface area contributed by atoms with E-state index in [-0.39, 0.29) is 12.8 Å². The lowest BCUT2D eigenvalue weighted by atomic mass is 9.87. The van der Waals surface area contributed by atoms with E-state index in [1.54, 1.807) is 0 Å². The smallest absolute Gasteiger partial charge is 0.382 e. The molecule has 0 aromatic heterocycles. The molecular formula is C24H47O8P. The molecule has 0 saturated heterocycles. The Kier molecular flexibility index (Phi) is 18.3. The molecule has 0 bridgehead atoms. The van der Waals surface area contributed by atoms with Crippen LogP contribution in [-0.2, 0) is 18.7 Å². The molecule has 0 radical (unpaired) electrons. The van der Waals surface area contributed by atoms with Crippen LogP contribution in [0.15, 0.2) is 0 Å². The van der Waals surface area contributed by atoms with Crippen molar-refractivity contribution in [2.75, 3.05) is 6.61 Å². The predicted molar refractivity (Wildman–Crippen MR) is 129 cm³/mol. The van der Waals surface area contributed by atoms with Crippen molar-refractivity contribution in [3.63, 3.8) is 0 Å². The first-order valence-electron chi connectivity index (χ1n) is 12.7. The van der Waals surface area contributed by atoms with Crippen molar-refractivity contribution in [3.05, 3.63) is 0 Å². The van der Waals surface area contributed by atoms with Gasteiger partial charge in [0.25, 0.3) is 0 Å². The van der Waals surface area contributed by atoms with E-state index in [0.717, 1.165) is 25.7 Å². The Labute approximate surface area is 199 Å². The zero-order chi connectivity index (χ0) is 25.2. The van der Waals surface area contributed by atoms with Crippen LogP contribution < -0.4 is 0 Å². The molecule has 196 valence electrons. The zero-order valence-electron chi connectivity index (χ0n) is 20.7. The largest absolute Gasteiger partial charge is 0.469 e. The van der Waals surface area contributed by atoms with Crippen molar-refractivity contribution in [2.24, 2.45) is 0 Å². The van der Waals surface area contributed by atoms with Crippen LogP contribution in [0.5, 0.6) is 0 Å². The van der Waals surface area contributed by atoms with Crippen molar-refractivity contribution >= 4 is 19.4 Å². The Morgan fingerprint density at radius 2 is 1.18 bits per heavy atom. The number of carbonyl (C=O) groups excluding carboxylic acids is 2. The first-order chi connectivity index (χ1) is 15.6. The number of aliphatic hydroxyl groups excluding tert-OH is 1. The molecule has 4 N–H and O–H groups in total. The van der Waals surface area contributed by atoms with Crippen molar-refractivity contribution in [1.82, 2.24) is 0 Å². The summed E-state index contributed by atoms with van der Waals surface area (Å²) in [6.45, 7) is 2.51. The van der Waals surface area contributed by atoms with Gasteiger partial charge in [-0.3, -0.25) is 14.1 Å². The molecule has 0 amide bonds. The van der Waals surface area contributed by atoms with Gasteiger partial charge in [-0.25, -0.2) is 4.57 Å². The zero-order valence-corrected chi connectivity index (χ0v) is 21.6. The van der Waals surface area contributed by atoms with E-state index in [9.17, 15) is 24.4 Å². The van der Waals surface area contributed by atoms with E-state index in [0.29, 0.717) is 6.42 Å². The summed E-state index contributed by atoms with van der Waals surface area (Å²) in [6, 6.07) is 0. The third-order valence-electron chi connectivity index (χ3n) is 6.04. The van der Waals surface area contributed by atoms with Crippen LogP contribution in [0.3, 0.4) is 0 Å². The van der Waals surface area contributed by atoms with Gasteiger partial charge in [0, 0.05) is 12.8 Å². The molecule has 0 aliphatic rings. The van der Waals surface area contributed by atoms with Crippen LogP contribution in [0.25, 0.3) is 0 Å². The first kappa shape index (κ1) is 32.4. The minimum absolute atomic E-state index is 0.0192. The van der Waals surface area contributed by atoms with Crippen LogP contribution in [0.1, 0.15) is 123 Å². The van der Waals surface area contributed by atoms with Gasteiger partial charge in [-0.05, 0) is 6.42 Å². The fourth-order valence-corrected chi connectivity index (χ4v) is 4.24. The van der Waals surface area contributed by atoms with Crippen LogP contribution >= 0.6 is 7.82 Å². The maximum Gasteiger partial charge on any atom is 0.469 e. The van der Waals surface area contributed by atoms with Gasteiger partial charge >= 0.3 is 7.82 Å². The van der Waals surface area contributed by atoms with Crippen molar-refractivity contribution in [1.29, 1.82) is 0 Å². The lowest BCUT2D eigenvalue weighted by Gasteiger charge is -2.30. The molecule has 0 rings (SSSR count). The van der Waals surface area contributed by atoms with E-state index in [1.807, 2.05) is 0 Å². The van der Waals surface area contributed by atoms with Gasteiger partial charge in [-0.15, -0.1) is 0 Å². The van der Waals surface area contributed by atoms with E-state index >= 15 is 0 Å². The van der Waals surface area contributed by atoms with Gasteiger partial charge in [0.15, 0.2) is 23.3 Å². The molecule has 2 unspecified atom stereocenters. The summed E-state index contributed by atoms with van der Waals surface area (Å²) in [5.41, 5.74) is -2.66. The summed E-state index contributed by atoms with van der Waals surface area (Å²) in [5, 5.41) is 20.6. The maximum atomic E-state index is 12.3. The fourth-order valence-electron chi connectivity index (χ4n) is 3.87. The molecule has 8 nitrogen and oxygen atoms in total. The average molecular weight is 495 g/mol. The Morgan fingerprint density at radius 1 is 0.788 bits per heavy atom. The molecule has 0 aromatic carbocycles. The highest BCUT2D eigenvalue weighted by Crippen LogP contribution is 2.37. The maximum absolute atomic E-state index is 12.3. The first-order valence-corrected chi connectivity index (χ1v) is 14.3. The number of hydrogen-bond acceptors (Lipinski definition) is 6. The standard InChI is InChI=1S/C24H47O8P/c1-3-5-6-7-8-9-10-11-12-13-14-15-16-17-18-19-21(25)23(27)24(28,22(26)4-2)20-32-33(29,30)31/h23,27-28H,3-20H2,1-2H3,(H2,29,30,31). The summed E-state index contributed by atoms with van der Waals surface area (Å²) >= 11 is 0. The molecule has 0 heterocycles. The van der Waals surface area contributed by atoms with E-state index in [1.165, 1.54) is 71.1 Å². The highest BCUT2D eigenvalue weighted by Gasteiger charge is 2.47. The third-order valence-corrected chi connectivity index (χ3v) is 6.51. The Bertz CT molecular complexity index is 577. The van der Waals surface area contributed by atoms with Crippen molar-refractivity contribution in [2.45, 2.75) is 135 Å². The molecular weight excluding hydrogens is 447 g/mol. The second kappa shape index (κ2) is 18.7. The molecule has 9 heteroatoms. The van der Waals surface area contributed by atoms with Crippen LogP contribution in [0.4, 0.5) is 0 Å². The lowest BCUT2D eigenvalue weighted by Crippen LogP contribution is -2.56. The topological polar surface area (TPSA) is 141 Å². The minimum Gasteiger partial charge on any atom is -0.382 e. The predicted octanol–water partition coefficient (Wildman–Crippen LogP) is 5.00. The molecule has 0 saturated carbocycles. The average Bonchev–Trinajstić information content (AvgIpc) is 2.78. The molecule has 0 aliphatic heterocycles. The van der Waals surface area contributed by atoms with Gasteiger partial charge in [0.2, 0.25) is 0 Å². The summed E-state index contributed by atoms with van der Waals surface area (Å²) in [6.07, 6.45) is 15.4. The summed E-state index contributed by atoms with van der Waals surface area (Å²) in [5.74, 6) is -1.64. The number of aliphatic hydroxyl groups is 2. The molecule has 0 aliphatic carbocycles. The van der Waals surface area contributed by atoms with E-state index in [2.05, 4.69) is 11.4 Å². The number of rotatable bonds is 23. The van der Waals surface area contributed by atoms with Gasteiger partial charge in [-0.2, -0.15) is 0 Å². The monoisotopic (exact) mass is 494 g/mol. The number of Topliss-reactive ketones (excluding diaryl/α,β-unsaturated/α-hetero) is 2. The number of carbonyl (C=O) groups is 2. The van der Waals surface area contributed by atoms with Gasteiger partial charge < -0.3 is 20.0 Å². The number of unbranched alkanes of at least 4 members (excludes halogenated alkanes) is 14.